The summed E-state index contributed by atoms with van der Waals surface area (Å²) >= 11 is 0. The number of amides is 1. The average molecular weight is 498 g/mol. The standard InChI is InChI=1S/C25H35N7O4/c1-2-3-14-36-32(25(34)35)23-21-22(27-17-28-23)31(24(33)29-21)16-20-6-4-19(5-7-20)15-30-12-9-18(8-11-26)10-13-30/h4-7,17-18H,2-3,8-16,26H2,1H3,(H,29,33)(H,34,35). The first-order chi connectivity index (χ1) is 17.5. The van der Waals surface area contributed by atoms with Crippen LogP contribution in [0.3, 0.4) is 0 Å². The number of likely N-dealkylation sites (tertiary alicyclic amines) is 1. The van der Waals surface area contributed by atoms with Crippen LogP contribution < -0.4 is 16.5 Å². The zero-order chi connectivity index (χ0) is 25.5. The molecule has 0 spiro atoms. The predicted molar refractivity (Wildman–Crippen MR) is 137 cm³/mol. The molecule has 1 aromatic carbocycles. The van der Waals surface area contributed by atoms with Gasteiger partial charge in [0.05, 0.1) is 13.2 Å². The number of nitrogens with one attached hydrogen (secondary N) is 1. The number of nitrogens with zero attached hydrogens (tertiary/aromatic N) is 5. The van der Waals surface area contributed by atoms with Crippen molar-refractivity contribution in [2.24, 2.45) is 11.7 Å². The molecule has 1 fully saturated rings. The minimum Gasteiger partial charge on any atom is -0.463 e. The van der Waals surface area contributed by atoms with Crippen LogP contribution in [0.15, 0.2) is 35.4 Å². The van der Waals surface area contributed by atoms with Crippen molar-refractivity contribution >= 4 is 23.1 Å². The van der Waals surface area contributed by atoms with E-state index in [2.05, 4.69) is 32.0 Å². The van der Waals surface area contributed by atoms with E-state index < -0.39 is 11.8 Å². The molecule has 11 nitrogen and oxygen atoms in total. The number of benzene rings is 1. The molecule has 3 heterocycles. The maximum atomic E-state index is 12.8. The highest BCUT2D eigenvalue weighted by molar-refractivity contribution is 5.92. The van der Waals surface area contributed by atoms with Gasteiger partial charge in [0.25, 0.3) is 0 Å². The number of hydrogen-bond donors (Lipinski definition) is 3. The molecule has 4 rings (SSSR count). The van der Waals surface area contributed by atoms with E-state index in [0.29, 0.717) is 23.7 Å². The molecule has 0 radical (unpaired) electrons. The number of aromatic amines is 1. The summed E-state index contributed by atoms with van der Waals surface area (Å²) in [6, 6.07) is 8.22. The summed E-state index contributed by atoms with van der Waals surface area (Å²) in [6.45, 7) is 6.35. The molecular weight excluding hydrogens is 462 g/mol. The van der Waals surface area contributed by atoms with Crippen LogP contribution in [0.25, 0.3) is 11.2 Å². The van der Waals surface area contributed by atoms with Gasteiger partial charge in [-0.25, -0.2) is 19.6 Å². The van der Waals surface area contributed by atoms with Crippen LogP contribution in [0.4, 0.5) is 10.6 Å². The quantitative estimate of drug-likeness (QED) is 0.271. The van der Waals surface area contributed by atoms with Crippen molar-refractivity contribution in [2.75, 3.05) is 31.3 Å². The van der Waals surface area contributed by atoms with E-state index in [-0.39, 0.29) is 17.9 Å². The van der Waals surface area contributed by atoms with Gasteiger partial charge in [0, 0.05) is 6.54 Å². The van der Waals surface area contributed by atoms with Crippen molar-refractivity contribution in [1.29, 1.82) is 0 Å². The molecule has 0 unspecified atom stereocenters. The molecule has 1 amide bonds. The predicted octanol–water partition coefficient (Wildman–Crippen LogP) is 2.94. The van der Waals surface area contributed by atoms with Gasteiger partial charge >= 0.3 is 11.8 Å². The van der Waals surface area contributed by atoms with Crippen molar-refractivity contribution < 1.29 is 14.7 Å². The number of fused-ring (bicyclic) bond motifs is 1. The fraction of sp³-hybridized carbons (Fsp3) is 0.520. The molecule has 0 saturated carbocycles. The summed E-state index contributed by atoms with van der Waals surface area (Å²) < 4.78 is 1.48. The third kappa shape index (κ3) is 6.10. The Bertz CT molecular complexity index is 1200. The Morgan fingerprint density at radius 3 is 2.53 bits per heavy atom. The van der Waals surface area contributed by atoms with E-state index in [1.165, 1.54) is 29.3 Å². The van der Waals surface area contributed by atoms with Crippen LogP contribution in [0.2, 0.25) is 0 Å². The van der Waals surface area contributed by atoms with Gasteiger partial charge in [-0.3, -0.25) is 14.3 Å². The van der Waals surface area contributed by atoms with E-state index in [1.807, 2.05) is 19.1 Å². The summed E-state index contributed by atoms with van der Waals surface area (Å²) in [6.07, 6.45) is 4.98. The lowest BCUT2D eigenvalue weighted by atomic mass is 9.93. The van der Waals surface area contributed by atoms with E-state index in [4.69, 9.17) is 10.6 Å². The van der Waals surface area contributed by atoms with Gasteiger partial charge in [-0.2, -0.15) is 0 Å². The number of carbonyl (C=O) groups is 1. The van der Waals surface area contributed by atoms with Crippen molar-refractivity contribution in [3.63, 3.8) is 0 Å². The molecule has 1 saturated heterocycles. The average Bonchev–Trinajstić information content (AvgIpc) is 3.19. The van der Waals surface area contributed by atoms with Gasteiger partial charge in [-0.05, 0) is 62.4 Å². The second kappa shape index (κ2) is 12.1. The number of nitrogens with two attached hydrogens (primary N) is 1. The second-order valence-electron chi connectivity index (χ2n) is 9.29. The molecule has 3 aromatic rings. The lowest BCUT2D eigenvalue weighted by molar-refractivity contribution is 0.0921. The van der Waals surface area contributed by atoms with Gasteiger partial charge < -0.3 is 15.8 Å². The highest BCUT2D eigenvalue weighted by Gasteiger charge is 2.23. The molecular formula is C25H35N7O4. The van der Waals surface area contributed by atoms with Crippen molar-refractivity contribution in [1.82, 2.24) is 24.4 Å². The number of hydrogen-bond acceptors (Lipinski definition) is 7. The first-order valence-electron chi connectivity index (χ1n) is 12.6. The smallest absolute Gasteiger partial charge is 0.437 e. The molecule has 1 aliphatic rings. The minimum absolute atomic E-state index is 0.00923. The molecule has 36 heavy (non-hydrogen) atoms. The number of unbranched alkanes of at least 4 members (excludes halogenated alkanes) is 1. The Morgan fingerprint density at radius 2 is 1.89 bits per heavy atom. The number of piperidine rings is 1. The summed E-state index contributed by atoms with van der Waals surface area (Å²) in [7, 11) is 0. The third-order valence-corrected chi connectivity index (χ3v) is 6.68. The number of hydroxylamine groups is 1. The first-order valence-corrected chi connectivity index (χ1v) is 12.6. The molecule has 194 valence electrons. The Labute approximate surface area is 209 Å². The van der Waals surface area contributed by atoms with E-state index in [0.717, 1.165) is 50.5 Å². The monoisotopic (exact) mass is 497 g/mol. The number of aromatic nitrogens is 4. The second-order valence-corrected chi connectivity index (χ2v) is 9.29. The lowest BCUT2D eigenvalue weighted by Gasteiger charge is -2.31. The zero-order valence-corrected chi connectivity index (χ0v) is 20.7. The Morgan fingerprint density at radius 1 is 1.19 bits per heavy atom. The Kier molecular flexibility index (Phi) is 8.68. The molecule has 2 aromatic heterocycles. The Balaban J connectivity index is 1.47. The van der Waals surface area contributed by atoms with Crippen LogP contribution in [-0.4, -0.2) is 61.9 Å². The largest absolute Gasteiger partial charge is 0.463 e. The van der Waals surface area contributed by atoms with Crippen molar-refractivity contribution in [2.45, 2.75) is 52.1 Å². The molecule has 0 bridgehead atoms. The van der Waals surface area contributed by atoms with Gasteiger partial charge in [-0.1, -0.05) is 37.6 Å². The molecule has 0 aliphatic carbocycles. The summed E-state index contributed by atoms with van der Waals surface area (Å²) in [5.41, 5.74) is 8.02. The number of carboxylic acid groups (broad SMARTS) is 1. The van der Waals surface area contributed by atoms with Crippen molar-refractivity contribution in [3.05, 3.63) is 52.2 Å². The van der Waals surface area contributed by atoms with Crippen LogP contribution in [0.1, 0.15) is 50.2 Å². The van der Waals surface area contributed by atoms with E-state index in [1.54, 1.807) is 0 Å². The van der Waals surface area contributed by atoms with Crippen LogP contribution in [0.5, 0.6) is 0 Å². The number of anilines is 1. The van der Waals surface area contributed by atoms with Crippen LogP contribution in [0, 0.1) is 5.92 Å². The van der Waals surface area contributed by atoms with Gasteiger partial charge in [-0.15, -0.1) is 5.06 Å². The van der Waals surface area contributed by atoms with Gasteiger partial charge in [0.15, 0.2) is 11.5 Å². The number of H-pyrrole nitrogens is 1. The summed E-state index contributed by atoms with van der Waals surface area (Å²) in [5.74, 6) is 0.739. The first kappa shape index (κ1) is 25.8. The van der Waals surface area contributed by atoms with Crippen LogP contribution >= 0.6 is 0 Å². The third-order valence-electron chi connectivity index (χ3n) is 6.68. The lowest BCUT2D eigenvalue weighted by Crippen LogP contribution is -2.33. The summed E-state index contributed by atoms with van der Waals surface area (Å²) in [4.78, 5) is 43.4. The van der Waals surface area contributed by atoms with E-state index >= 15 is 0 Å². The normalized spacial score (nSPS) is 14.9. The van der Waals surface area contributed by atoms with E-state index in [9.17, 15) is 14.7 Å². The molecule has 0 atom stereocenters. The Hall–Kier alpha value is -3.28. The highest BCUT2D eigenvalue weighted by Crippen LogP contribution is 2.23. The van der Waals surface area contributed by atoms with Crippen molar-refractivity contribution in [3.8, 4) is 0 Å². The van der Waals surface area contributed by atoms with Gasteiger partial charge in [0.1, 0.15) is 11.8 Å². The topological polar surface area (TPSA) is 143 Å². The van der Waals surface area contributed by atoms with Gasteiger partial charge in [0.2, 0.25) is 0 Å². The highest BCUT2D eigenvalue weighted by atomic mass is 16.7. The SMILES string of the molecule is CCCCON(C(=O)O)c1ncnc2c1[nH]c(=O)n2Cc1ccc(CN2CCC(CCN)CC2)cc1. The molecule has 4 N–H and O–H groups in total. The fourth-order valence-corrected chi connectivity index (χ4v) is 4.62. The number of imidazole rings is 1. The zero-order valence-electron chi connectivity index (χ0n) is 20.7. The fourth-order valence-electron chi connectivity index (χ4n) is 4.62. The maximum absolute atomic E-state index is 12.8. The molecule has 1 aliphatic heterocycles. The maximum Gasteiger partial charge on any atom is 0.437 e. The minimum atomic E-state index is -1.32. The van der Waals surface area contributed by atoms with Crippen LogP contribution in [-0.2, 0) is 17.9 Å². The number of rotatable bonds is 11. The summed E-state index contributed by atoms with van der Waals surface area (Å²) in [5, 5.41) is 10.3. The molecule has 11 heteroatoms.